The van der Waals surface area contributed by atoms with Crippen LogP contribution in [0.1, 0.15) is 5.56 Å². The molecule has 2 amide bonds. The van der Waals surface area contributed by atoms with Crippen molar-refractivity contribution in [3.63, 3.8) is 0 Å². The largest absolute Gasteiger partial charge is 0.508 e. The van der Waals surface area contributed by atoms with E-state index in [0.717, 1.165) is 21.3 Å². The second kappa shape index (κ2) is 10.9. The molecule has 0 aliphatic carbocycles. The van der Waals surface area contributed by atoms with E-state index in [1.165, 1.54) is 43.1 Å². The number of benzene rings is 1. The first-order valence-corrected chi connectivity index (χ1v) is 12.5. The van der Waals surface area contributed by atoms with E-state index < -0.39 is 41.7 Å². The molecule has 194 valence electrons. The summed E-state index contributed by atoms with van der Waals surface area (Å²) in [7, 11) is 1.24. The van der Waals surface area contributed by atoms with Gasteiger partial charge in [-0.05, 0) is 28.1 Å². The summed E-state index contributed by atoms with van der Waals surface area (Å²) < 4.78 is 1.07. The summed E-state index contributed by atoms with van der Waals surface area (Å²) in [6.45, 7) is -0.458. The summed E-state index contributed by atoms with van der Waals surface area (Å²) in [4.78, 5) is 54.7. The van der Waals surface area contributed by atoms with E-state index in [-0.39, 0.29) is 39.4 Å². The zero-order valence-corrected chi connectivity index (χ0v) is 20.6. The van der Waals surface area contributed by atoms with Crippen molar-refractivity contribution in [3.8, 4) is 5.75 Å². The Morgan fingerprint density at radius 2 is 2.11 bits per heavy atom. The van der Waals surface area contributed by atoms with E-state index in [9.17, 15) is 29.4 Å². The van der Waals surface area contributed by atoms with Crippen molar-refractivity contribution >= 4 is 53.0 Å². The number of carbonyl (C=O) groups excluding carboxylic acids is 2. The summed E-state index contributed by atoms with van der Waals surface area (Å²) in [5, 5.41) is 45.1. The predicted octanol–water partition coefficient (Wildman–Crippen LogP) is -0.655. The highest BCUT2D eigenvalue weighted by atomic mass is 32.2. The third kappa shape index (κ3) is 5.36. The smallest absolute Gasteiger partial charge is 0.352 e. The predicted molar refractivity (Wildman–Crippen MR) is 128 cm³/mol. The van der Waals surface area contributed by atoms with Gasteiger partial charge in [0.2, 0.25) is 5.16 Å². The molecule has 37 heavy (non-hydrogen) atoms. The molecule has 4 N–H and O–H groups in total. The van der Waals surface area contributed by atoms with Crippen molar-refractivity contribution in [2.45, 2.75) is 23.1 Å². The first kappa shape index (κ1) is 26.0. The van der Waals surface area contributed by atoms with Crippen LogP contribution in [0, 0.1) is 0 Å². The Morgan fingerprint density at radius 3 is 2.78 bits per heavy atom. The number of thioether (sulfide) groups is 2. The lowest BCUT2D eigenvalue weighted by atomic mass is 10.0. The molecule has 1 saturated heterocycles. The van der Waals surface area contributed by atoms with Crippen LogP contribution < -0.4 is 5.32 Å². The molecule has 1 aromatic heterocycles. The molecule has 1 unspecified atom stereocenters. The Balaban J connectivity index is 1.49. The van der Waals surface area contributed by atoms with Gasteiger partial charge in [-0.3, -0.25) is 19.3 Å². The molecular formula is C20H19N7O8S2. The van der Waals surface area contributed by atoms with Crippen LogP contribution in [0.3, 0.4) is 0 Å². The number of nitrogens with zero attached hydrogens (tertiary/aromatic N) is 6. The number of oxime groups is 1. The molecule has 3 heterocycles. The molecule has 17 heteroatoms. The van der Waals surface area contributed by atoms with Gasteiger partial charge >= 0.3 is 11.9 Å². The minimum absolute atomic E-state index is 0.0959. The fourth-order valence-corrected chi connectivity index (χ4v) is 6.01. The zero-order chi connectivity index (χ0) is 26.7. The van der Waals surface area contributed by atoms with Gasteiger partial charge in [-0.2, -0.15) is 0 Å². The summed E-state index contributed by atoms with van der Waals surface area (Å²) in [5.74, 6) is -3.57. The van der Waals surface area contributed by atoms with E-state index in [2.05, 4.69) is 26.0 Å². The van der Waals surface area contributed by atoms with Gasteiger partial charge in [0.05, 0.1) is 0 Å². The number of carboxylic acid groups (broad SMARTS) is 2. The minimum Gasteiger partial charge on any atom is -0.508 e. The van der Waals surface area contributed by atoms with Crippen LogP contribution in [0.15, 0.2) is 45.8 Å². The van der Waals surface area contributed by atoms with E-state index >= 15 is 0 Å². The monoisotopic (exact) mass is 549 g/mol. The summed E-state index contributed by atoms with van der Waals surface area (Å²) in [6, 6.07) is 4.76. The van der Waals surface area contributed by atoms with Gasteiger partial charge in [0.1, 0.15) is 36.5 Å². The van der Waals surface area contributed by atoms with Crippen molar-refractivity contribution in [2.24, 2.45) is 5.16 Å². The summed E-state index contributed by atoms with van der Waals surface area (Å²) in [5.41, 5.74) is 0.302. The standard InChI is InChI=1S/C20H19N7O8S2/c1-35-23-13(9-3-2-4-11(28)5-9)16(31)21-14-17(32)27-15(19(33)34)10(7-36-18(14)27)8-37-20-22-24-25-26(20)6-12(29)30/h2-5,14,18,28H,6-8H2,1H3,(H,21,31)(H,29,30)(H,33,34)/t14?,18-/m1/s1. The lowest BCUT2D eigenvalue weighted by molar-refractivity contribution is -0.150. The summed E-state index contributed by atoms with van der Waals surface area (Å²) >= 11 is 2.31. The molecule has 4 rings (SSSR count). The van der Waals surface area contributed by atoms with Crippen LogP contribution in [0.25, 0.3) is 0 Å². The van der Waals surface area contributed by atoms with Crippen LogP contribution in [0.4, 0.5) is 0 Å². The Labute approximate surface area is 216 Å². The molecule has 0 spiro atoms. The highest BCUT2D eigenvalue weighted by Crippen LogP contribution is 2.41. The molecule has 0 saturated carbocycles. The lowest BCUT2D eigenvalue weighted by Crippen LogP contribution is -2.71. The molecule has 2 aliphatic rings. The molecule has 2 atom stereocenters. The summed E-state index contributed by atoms with van der Waals surface area (Å²) in [6.07, 6.45) is 0. The SMILES string of the molecule is CON=C(C(=O)NC1C(=O)N2C(C(=O)O)=C(CSc3nnnn3CC(=O)O)CS[C@H]12)c1cccc(O)c1. The Bertz CT molecular complexity index is 1330. The molecule has 0 bridgehead atoms. The van der Waals surface area contributed by atoms with Crippen LogP contribution >= 0.6 is 23.5 Å². The van der Waals surface area contributed by atoms with Gasteiger partial charge in [0, 0.05) is 17.1 Å². The van der Waals surface area contributed by atoms with Gasteiger partial charge in [-0.1, -0.05) is 29.1 Å². The van der Waals surface area contributed by atoms with E-state index in [0.29, 0.717) is 5.57 Å². The van der Waals surface area contributed by atoms with Crippen molar-refractivity contribution < 1.29 is 39.3 Å². The van der Waals surface area contributed by atoms with Crippen molar-refractivity contribution in [2.75, 3.05) is 18.6 Å². The highest BCUT2D eigenvalue weighted by molar-refractivity contribution is 8.01. The van der Waals surface area contributed by atoms with E-state index in [1.807, 2.05) is 0 Å². The number of fused-ring (bicyclic) bond motifs is 1. The van der Waals surface area contributed by atoms with Crippen LogP contribution in [-0.2, 0) is 30.6 Å². The van der Waals surface area contributed by atoms with Gasteiger partial charge in [-0.15, -0.1) is 16.9 Å². The number of carbonyl (C=O) groups is 4. The molecule has 0 radical (unpaired) electrons. The zero-order valence-electron chi connectivity index (χ0n) is 19.0. The molecule has 15 nitrogen and oxygen atoms in total. The Morgan fingerprint density at radius 1 is 1.32 bits per heavy atom. The number of amides is 2. The molecule has 1 fully saturated rings. The second-order valence-corrected chi connectivity index (χ2v) is 9.64. The van der Waals surface area contributed by atoms with E-state index in [1.54, 1.807) is 0 Å². The maximum atomic E-state index is 13.0. The Hall–Kier alpha value is -4.12. The van der Waals surface area contributed by atoms with Gasteiger partial charge < -0.3 is 25.5 Å². The van der Waals surface area contributed by atoms with Gasteiger partial charge in [0.25, 0.3) is 11.8 Å². The quantitative estimate of drug-likeness (QED) is 0.126. The average Bonchev–Trinajstić information content (AvgIpc) is 3.29. The molecule has 2 aromatic rings. The molecule has 1 aromatic carbocycles. The number of carboxylic acids is 2. The first-order valence-electron chi connectivity index (χ1n) is 10.4. The highest BCUT2D eigenvalue weighted by Gasteiger charge is 2.54. The number of β-lactam (4-membered cyclic amide) rings is 1. The fraction of sp³-hybridized carbons (Fsp3) is 0.300. The van der Waals surface area contributed by atoms with Crippen LogP contribution in [-0.4, -0.2) is 99.9 Å². The number of phenolic OH excluding ortho intramolecular Hbond substituents is 1. The lowest BCUT2D eigenvalue weighted by Gasteiger charge is -2.49. The number of tetrazole rings is 1. The average molecular weight is 550 g/mol. The van der Waals surface area contributed by atoms with Crippen molar-refractivity contribution in [1.82, 2.24) is 30.4 Å². The maximum Gasteiger partial charge on any atom is 0.352 e. The van der Waals surface area contributed by atoms with Gasteiger partial charge in [0.15, 0.2) is 5.71 Å². The normalized spacial score (nSPS) is 19.2. The fourth-order valence-electron chi connectivity index (χ4n) is 3.65. The minimum atomic E-state index is -1.31. The number of phenols is 1. The van der Waals surface area contributed by atoms with Crippen molar-refractivity contribution in [3.05, 3.63) is 41.1 Å². The number of hydrogen-bond donors (Lipinski definition) is 4. The topological polar surface area (TPSA) is 209 Å². The molecule has 2 aliphatic heterocycles. The number of hydrogen-bond acceptors (Lipinski definition) is 12. The van der Waals surface area contributed by atoms with Crippen LogP contribution in [0.5, 0.6) is 5.75 Å². The maximum absolute atomic E-state index is 13.0. The van der Waals surface area contributed by atoms with E-state index in [4.69, 9.17) is 9.94 Å². The van der Waals surface area contributed by atoms with Gasteiger partial charge in [-0.25, -0.2) is 9.48 Å². The number of rotatable bonds is 10. The second-order valence-electron chi connectivity index (χ2n) is 7.59. The molecular weight excluding hydrogens is 530 g/mol. The van der Waals surface area contributed by atoms with Crippen molar-refractivity contribution in [1.29, 1.82) is 0 Å². The Kier molecular flexibility index (Phi) is 7.63. The van der Waals surface area contributed by atoms with Crippen LogP contribution in [0.2, 0.25) is 0 Å². The number of aliphatic carboxylic acids is 2. The first-order chi connectivity index (χ1) is 17.7. The number of aromatic nitrogens is 4. The third-order valence-electron chi connectivity index (χ3n) is 5.21. The third-order valence-corrected chi connectivity index (χ3v) is 7.60. The number of aromatic hydroxyl groups is 1. The number of nitrogens with one attached hydrogen (secondary N) is 1.